The molecule has 0 saturated heterocycles. The van der Waals surface area contributed by atoms with Crippen LogP contribution in [0.15, 0.2) is 78.9 Å². The predicted molar refractivity (Wildman–Crippen MR) is 122 cm³/mol. The first-order valence-corrected chi connectivity index (χ1v) is 10.2. The Labute approximate surface area is 182 Å². The summed E-state index contributed by atoms with van der Waals surface area (Å²) in [6, 6.07) is 25.1. The van der Waals surface area contributed by atoms with Crippen molar-refractivity contribution < 1.29 is 19.4 Å². The Hall–Kier alpha value is -3.60. The quantitative estimate of drug-likeness (QED) is 0.552. The molecule has 1 atom stereocenters. The Morgan fingerprint density at radius 3 is 1.71 bits per heavy atom. The van der Waals surface area contributed by atoms with E-state index >= 15 is 0 Å². The molecular formula is C26H27NO4. The number of ether oxygens (including phenoxy) is 1. The van der Waals surface area contributed by atoms with Gasteiger partial charge in [0.05, 0.1) is 0 Å². The number of carboxylic acids is 1. The average molecular weight is 418 g/mol. The predicted octanol–water partition coefficient (Wildman–Crippen LogP) is 5.54. The maximum absolute atomic E-state index is 11.9. The topological polar surface area (TPSA) is 75.6 Å². The van der Waals surface area contributed by atoms with Crippen LogP contribution in [0.4, 0.5) is 4.79 Å². The fourth-order valence-electron chi connectivity index (χ4n) is 3.20. The third kappa shape index (κ3) is 6.44. The first-order valence-electron chi connectivity index (χ1n) is 10.2. The number of rotatable bonds is 6. The SMILES string of the molecule is CC(C)(C)OC(=O)NC(Cc1ccc(-c2ccc(-c3ccccc3)cc2)cc1)C(=O)O. The summed E-state index contributed by atoms with van der Waals surface area (Å²) >= 11 is 0. The van der Waals surface area contributed by atoms with Gasteiger partial charge in [-0.1, -0.05) is 78.9 Å². The molecule has 0 fully saturated rings. The molecule has 160 valence electrons. The molecule has 2 N–H and O–H groups in total. The summed E-state index contributed by atoms with van der Waals surface area (Å²) in [4.78, 5) is 23.5. The van der Waals surface area contributed by atoms with Gasteiger partial charge in [0.2, 0.25) is 0 Å². The van der Waals surface area contributed by atoms with Gasteiger partial charge in [-0.25, -0.2) is 9.59 Å². The van der Waals surface area contributed by atoms with E-state index in [1.807, 2.05) is 42.5 Å². The number of amides is 1. The van der Waals surface area contributed by atoms with Gasteiger partial charge in [-0.05, 0) is 48.6 Å². The highest BCUT2D eigenvalue weighted by atomic mass is 16.6. The molecule has 0 spiro atoms. The molecule has 0 radical (unpaired) electrons. The van der Waals surface area contributed by atoms with Crippen molar-refractivity contribution in [1.29, 1.82) is 0 Å². The number of carboxylic acid groups (broad SMARTS) is 1. The van der Waals surface area contributed by atoms with E-state index in [4.69, 9.17) is 4.74 Å². The van der Waals surface area contributed by atoms with Crippen molar-refractivity contribution in [3.8, 4) is 22.3 Å². The molecule has 3 aromatic rings. The minimum atomic E-state index is -1.11. The van der Waals surface area contributed by atoms with Gasteiger partial charge < -0.3 is 15.2 Å². The number of hydrogen-bond acceptors (Lipinski definition) is 3. The van der Waals surface area contributed by atoms with E-state index in [0.29, 0.717) is 0 Å². The number of benzene rings is 3. The van der Waals surface area contributed by atoms with Crippen LogP contribution in [0.5, 0.6) is 0 Å². The van der Waals surface area contributed by atoms with Crippen LogP contribution < -0.4 is 5.32 Å². The normalized spacial score (nSPS) is 12.1. The lowest BCUT2D eigenvalue weighted by Crippen LogP contribution is -2.44. The molecule has 0 aliphatic rings. The highest BCUT2D eigenvalue weighted by Gasteiger charge is 2.24. The number of carbonyl (C=O) groups excluding carboxylic acids is 1. The first kappa shape index (κ1) is 22.1. The van der Waals surface area contributed by atoms with Gasteiger partial charge in [-0.3, -0.25) is 0 Å². The van der Waals surface area contributed by atoms with E-state index in [1.54, 1.807) is 20.8 Å². The molecule has 1 unspecified atom stereocenters. The van der Waals surface area contributed by atoms with Crippen LogP contribution in [0.25, 0.3) is 22.3 Å². The van der Waals surface area contributed by atoms with E-state index in [9.17, 15) is 14.7 Å². The van der Waals surface area contributed by atoms with Gasteiger partial charge in [0.1, 0.15) is 11.6 Å². The fraction of sp³-hybridized carbons (Fsp3) is 0.231. The summed E-state index contributed by atoms with van der Waals surface area (Å²) in [5, 5.41) is 11.9. The zero-order chi connectivity index (χ0) is 22.4. The number of hydrogen-bond donors (Lipinski definition) is 2. The van der Waals surface area contributed by atoms with Gasteiger partial charge in [-0.15, -0.1) is 0 Å². The lowest BCUT2D eigenvalue weighted by molar-refractivity contribution is -0.139. The minimum absolute atomic E-state index is 0.168. The second kappa shape index (κ2) is 9.47. The van der Waals surface area contributed by atoms with Gasteiger partial charge >= 0.3 is 12.1 Å². The molecule has 0 aromatic heterocycles. The van der Waals surface area contributed by atoms with Crippen LogP contribution in [0, 0.1) is 0 Å². The van der Waals surface area contributed by atoms with Crippen molar-refractivity contribution in [2.75, 3.05) is 0 Å². The highest BCUT2D eigenvalue weighted by molar-refractivity contribution is 5.80. The number of nitrogens with one attached hydrogen (secondary N) is 1. The largest absolute Gasteiger partial charge is 0.480 e. The number of carbonyl (C=O) groups is 2. The van der Waals surface area contributed by atoms with Gasteiger partial charge in [0.25, 0.3) is 0 Å². The van der Waals surface area contributed by atoms with Crippen LogP contribution in [0.3, 0.4) is 0 Å². The summed E-state index contributed by atoms with van der Waals surface area (Å²) in [5.41, 5.74) is 4.56. The Bertz CT molecular complexity index is 1020. The summed E-state index contributed by atoms with van der Waals surface area (Å²) in [6.07, 6.45) is -0.572. The van der Waals surface area contributed by atoms with Crippen LogP contribution in [-0.4, -0.2) is 28.8 Å². The Morgan fingerprint density at radius 1 is 0.806 bits per heavy atom. The second-order valence-electron chi connectivity index (χ2n) is 8.38. The second-order valence-corrected chi connectivity index (χ2v) is 8.38. The zero-order valence-electron chi connectivity index (χ0n) is 18.0. The number of alkyl carbamates (subject to hydrolysis) is 1. The zero-order valence-corrected chi connectivity index (χ0v) is 18.0. The molecule has 1 amide bonds. The summed E-state index contributed by atoms with van der Waals surface area (Å²) in [5.74, 6) is -1.11. The third-order valence-electron chi connectivity index (χ3n) is 4.71. The lowest BCUT2D eigenvalue weighted by Gasteiger charge is -2.22. The van der Waals surface area contributed by atoms with Crippen molar-refractivity contribution in [3.63, 3.8) is 0 Å². The van der Waals surface area contributed by atoms with Crippen LogP contribution in [0.2, 0.25) is 0 Å². The van der Waals surface area contributed by atoms with Crippen molar-refractivity contribution in [2.24, 2.45) is 0 Å². The number of aliphatic carboxylic acids is 1. The van der Waals surface area contributed by atoms with E-state index in [-0.39, 0.29) is 6.42 Å². The molecule has 0 saturated carbocycles. The van der Waals surface area contributed by atoms with Crippen molar-refractivity contribution in [2.45, 2.75) is 38.8 Å². The molecular weight excluding hydrogens is 390 g/mol. The molecule has 5 heteroatoms. The Balaban J connectivity index is 1.67. The summed E-state index contributed by atoms with van der Waals surface area (Å²) in [6.45, 7) is 5.19. The summed E-state index contributed by atoms with van der Waals surface area (Å²) in [7, 11) is 0. The van der Waals surface area contributed by atoms with Crippen molar-refractivity contribution >= 4 is 12.1 Å². The van der Waals surface area contributed by atoms with Gasteiger partial charge in [0.15, 0.2) is 0 Å². The maximum Gasteiger partial charge on any atom is 0.408 e. The standard InChI is InChI=1S/C26H27NO4/c1-26(2,3)31-25(30)27-23(24(28)29)17-18-9-11-20(12-10-18)22-15-13-21(14-16-22)19-7-5-4-6-8-19/h4-16,23H,17H2,1-3H3,(H,27,30)(H,28,29). The van der Waals surface area contributed by atoms with E-state index in [2.05, 4.69) is 41.7 Å². The molecule has 0 aliphatic carbocycles. The Morgan fingerprint density at radius 2 is 1.26 bits per heavy atom. The summed E-state index contributed by atoms with van der Waals surface area (Å²) < 4.78 is 5.16. The van der Waals surface area contributed by atoms with Crippen molar-refractivity contribution in [3.05, 3.63) is 84.4 Å². The lowest BCUT2D eigenvalue weighted by atomic mass is 9.98. The Kier molecular flexibility index (Phi) is 6.75. The molecule has 3 rings (SSSR count). The van der Waals surface area contributed by atoms with E-state index < -0.39 is 23.7 Å². The van der Waals surface area contributed by atoms with Gasteiger partial charge in [-0.2, -0.15) is 0 Å². The average Bonchev–Trinajstić information content (AvgIpc) is 2.73. The van der Waals surface area contributed by atoms with Gasteiger partial charge in [0, 0.05) is 6.42 Å². The smallest absolute Gasteiger partial charge is 0.408 e. The third-order valence-corrected chi connectivity index (χ3v) is 4.71. The maximum atomic E-state index is 11.9. The molecule has 0 bridgehead atoms. The monoisotopic (exact) mass is 417 g/mol. The minimum Gasteiger partial charge on any atom is -0.480 e. The van der Waals surface area contributed by atoms with E-state index in [1.165, 1.54) is 5.56 Å². The molecule has 5 nitrogen and oxygen atoms in total. The molecule has 0 heterocycles. The van der Waals surface area contributed by atoms with E-state index in [0.717, 1.165) is 22.3 Å². The molecule has 0 aliphatic heterocycles. The van der Waals surface area contributed by atoms with Crippen LogP contribution >= 0.6 is 0 Å². The first-order chi connectivity index (χ1) is 14.7. The van der Waals surface area contributed by atoms with Crippen LogP contribution in [-0.2, 0) is 16.0 Å². The van der Waals surface area contributed by atoms with Crippen molar-refractivity contribution in [1.82, 2.24) is 5.32 Å². The molecule has 31 heavy (non-hydrogen) atoms. The highest BCUT2D eigenvalue weighted by Crippen LogP contribution is 2.25. The molecule has 3 aromatic carbocycles. The van der Waals surface area contributed by atoms with Crippen LogP contribution in [0.1, 0.15) is 26.3 Å². The fourth-order valence-corrected chi connectivity index (χ4v) is 3.20.